The lowest BCUT2D eigenvalue weighted by Crippen LogP contribution is -2.46. The number of nitrogens with zero attached hydrogens (tertiary/aromatic N) is 2. The van der Waals surface area contributed by atoms with Crippen molar-refractivity contribution in [3.8, 4) is 0 Å². The zero-order chi connectivity index (χ0) is 9.31. The standard InChI is InChI=1S/C9H17N3S/c1-9(2)7-11-8(13-9)12-5-3-10-4-6-12/h7-8,10H,3-6H2,1-2H3/t8-/m1/s1. The SMILES string of the molecule is CC1(C)C=N[C@H](N2CCNCC2)S1. The van der Waals surface area contributed by atoms with Crippen molar-refractivity contribution in [3.05, 3.63) is 0 Å². The van der Waals surface area contributed by atoms with E-state index in [4.69, 9.17) is 0 Å². The van der Waals surface area contributed by atoms with Crippen LogP contribution in [0.1, 0.15) is 13.8 Å². The van der Waals surface area contributed by atoms with Crippen LogP contribution in [0.25, 0.3) is 0 Å². The third-order valence-corrected chi connectivity index (χ3v) is 3.73. The molecule has 0 bridgehead atoms. The van der Waals surface area contributed by atoms with Crippen LogP contribution < -0.4 is 5.32 Å². The minimum atomic E-state index is 0.232. The van der Waals surface area contributed by atoms with E-state index in [1.165, 1.54) is 0 Å². The minimum Gasteiger partial charge on any atom is -0.314 e. The smallest absolute Gasteiger partial charge is 0.149 e. The monoisotopic (exact) mass is 199 g/mol. The molecule has 0 saturated carbocycles. The van der Waals surface area contributed by atoms with Crippen molar-refractivity contribution in [1.82, 2.24) is 10.2 Å². The van der Waals surface area contributed by atoms with Crippen LogP contribution in [0, 0.1) is 0 Å². The molecule has 74 valence electrons. The third-order valence-electron chi connectivity index (χ3n) is 2.39. The molecule has 2 aliphatic heterocycles. The highest BCUT2D eigenvalue weighted by atomic mass is 32.2. The molecular weight excluding hydrogens is 182 g/mol. The molecule has 0 aromatic rings. The summed E-state index contributed by atoms with van der Waals surface area (Å²) in [6, 6.07) is 0. The second-order valence-electron chi connectivity index (χ2n) is 4.11. The summed E-state index contributed by atoms with van der Waals surface area (Å²) in [7, 11) is 0. The Morgan fingerprint density at radius 3 is 2.69 bits per heavy atom. The molecule has 4 heteroatoms. The van der Waals surface area contributed by atoms with Crippen molar-refractivity contribution in [3.63, 3.8) is 0 Å². The van der Waals surface area contributed by atoms with Crippen molar-refractivity contribution in [2.24, 2.45) is 4.99 Å². The second kappa shape index (κ2) is 3.59. The molecular formula is C9H17N3S. The minimum absolute atomic E-state index is 0.232. The number of piperazine rings is 1. The van der Waals surface area contributed by atoms with Gasteiger partial charge in [0.05, 0.1) is 0 Å². The van der Waals surface area contributed by atoms with Gasteiger partial charge in [0, 0.05) is 37.1 Å². The molecule has 1 atom stereocenters. The van der Waals surface area contributed by atoms with Gasteiger partial charge < -0.3 is 5.32 Å². The first-order valence-electron chi connectivity index (χ1n) is 4.84. The Morgan fingerprint density at radius 1 is 1.46 bits per heavy atom. The van der Waals surface area contributed by atoms with E-state index in [2.05, 4.69) is 35.3 Å². The second-order valence-corrected chi connectivity index (χ2v) is 5.82. The summed E-state index contributed by atoms with van der Waals surface area (Å²) < 4.78 is 0.232. The Kier molecular flexibility index (Phi) is 2.62. The van der Waals surface area contributed by atoms with Gasteiger partial charge >= 0.3 is 0 Å². The van der Waals surface area contributed by atoms with E-state index >= 15 is 0 Å². The lowest BCUT2D eigenvalue weighted by atomic mass is 10.2. The molecule has 0 aromatic carbocycles. The molecule has 2 heterocycles. The van der Waals surface area contributed by atoms with Gasteiger partial charge in [-0.15, -0.1) is 11.8 Å². The van der Waals surface area contributed by atoms with Gasteiger partial charge in [0.1, 0.15) is 5.50 Å². The fourth-order valence-electron chi connectivity index (χ4n) is 1.65. The molecule has 2 aliphatic rings. The number of rotatable bonds is 1. The van der Waals surface area contributed by atoms with Gasteiger partial charge in [0.2, 0.25) is 0 Å². The van der Waals surface area contributed by atoms with Crippen LogP contribution in [-0.2, 0) is 0 Å². The van der Waals surface area contributed by atoms with Gasteiger partial charge in [-0.1, -0.05) is 0 Å². The first-order valence-corrected chi connectivity index (χ1v) is 5.72. The zero-order valence-electron chi connectivity index (χ0n) is 8.29. The number of thioether (sulfide) groups is 1. The number of nitrogens with one attached hydrogen (secondary N) is 1. The maximum absolute atomic E-state index is 4.55. The fraction of sp³-hybridized carbons (Fsp3) is 0.889. The summed E-state index contributed by atoms with van der Waals surface area (Å²) in [5, 5.41) is 3.36. The quantitative estimate of drug-likeness (QED) is 0.676. The number of hydrogen-bond acceptors (Lipinski definition) is 4. The molecule has 0 aromatic heterocycles. The highest BCUT2D eigenvalue weighted by Crippen LogP contribution is 2.35. The average molecular weight is 199 g/mol. The zero-order valence-corrected chi connectivity index (χ0v) is 9.10. The molecule has 0 spiro atoms. The van der Waals surface area contributed by atoms with Crippen molar-refractivity contribution in [2.45, 2.75) is 24.1 Å². The van der Waals surface area contributed by atoms with Crippen LogP contribution in [0.4, 0.5) is 0 Å². The first-order chi connectivity index (χ1) is 6.17. The normalized spacial score (nSPS) is 33.8. The van der Waals surface area contributed by atoms with E-state index in [-0.39, 0.29) is 4.75 Å². The maximum atomic E-state index is 4.55. The van der Waals surface area contributed by atoms with Gasteiger partial charge in [-0.25, -0.2) is 0 Å². The number of aliphatic imine (C=N–C) groups is 1. The van der Waals surface area contributed by atoms with Crippen molar-refractivity contribution >= 4 is 18.0 Å². The molecule has 13 heavy (non-hydrogen) atoms. The first kappa shape index (κ1) is 9.49. The summed E-state index contributed by atoms with van der Waals surface area (Å²) >= 11 is 1.95. The lowest BCUT2D eigenvalue weighted by Gasteiger charge is -2.31. The van der Waals surface area contributed by atoms with E-state index in [0.29, 0.717) is 5.50 Å². The van der Waals surface area contributed by atoms with Crippen LogP contribution in [0.2, 0.25) is 0 Å². The summed E-state index contributed by atoms with van der Waals surface area (Å²) in [6.45, 7) is 8.92. The predicted molar refractivity (Wildman–Crippen MR) is 58.4 cm³/mol. The summed E-state index contributed by atoms with van der Waals surface area (Å²) in [5.41, 5.74) is 0.372. The highest BCUT2D eigenvalue weighted by Gasteiger charge is 2.31. The molecule has 0 radical (unpaired) electrons. The van der Waals surface area contributed by atoms with Gasteiger partial charge in [-0.3, -0.25) is 9.89 Å². The summed E-state index contributed by atoms with van der Waals surface area (Å²) in [6.07, 6.45) is 2.09. The van der Waals surface area contributed by atoms with Crippen molar-refractivity contribution in [1.29, 1.82) is 0 Å². The molecule has 0 amide bonds. The van der Waals surface area contributed by atoms with Crippen LogP contribution in [-0.4, -0.2) is 47.5 Å². The molecule has 0 unspecified atom stereocenters. The van der Waals surface area contributed by atoms with Crippen LogP contribution >= 0.6 is 11.8 Å². The molecule has 1 N–H and O–H groups in total. The van der Waals surface area contributed by atoms with Gasteiger partial charge in [-0.05, 0) is 13.8 Å². The Bertz CT molecular complexity index is 209. The lowest BCUT2D eigenvalue weighted by molar-refractivity contribution is 0.231. The maximum Gasteiger partial charge on any atom is 0.149 e. The van der Waals surface area contributed by atoms with E-state index in [0.717, 1.165) is 26.2 Å². The Morgan fingerprint density at radius 2 is 2.15 bits per heavy atom. The molecule has 1 fully saturated rings. The largest absolute Gasteiger partial charge is 0.314 e. The van der Waals surface area contributed by atoms with Crippen molar-refractivity contribution < 1.29 is 0 Å². The summed E-state index contributed by atoms with van der Waals surface area (Å²) in [5.74, 6) is 0. The van der Waals surface area contributed by atoms with Crippen molar-refractivity contribution in [2.75, 3.05) is 26.2 Å². The van der Waals surface area contributed by atoms with E-state index in [9.17, 15) is 0 Å². The average Bonchev–Trinajstić information content (AvgIpc) is 2.48. The van der Waals surface area contributed by atoms with Gasteiger partial charge in [-0.2, -0.15) is 0 Å². The highest BCUT2D eigenvalue weighted by molar-refractivity contribution is 8.02. The Hall–Kier alpha value is -0.0600. The van der Waals surface area contributed by atoms with Crippen LogP contribution in [0.15, 0.2) is 4.99 Å². The number of hydrogen-bond donors (Lipinski definition) is 1. The summed E-state index contributed by atoms with van der Waals surface area (Å²) in [4.78, 5) is 7.00. The molecule has 3 nitrogen and oxygen atoms in total. The van der Waals surface area contributed by atoms with Gasteiger partial charge in [0.25, 0.3) is 0 Å². The van der Waals surface area contributed by atoms with E-state index < -0.39 is 0 Å². The molecule has 1 saturated heterocycles. The topological polar surface area (TPSA) is 27.6 Å². The van der Waals surface area contributed by atoms with Crippen LogP contribution in [0.5, 0.6) is 0 Å². The van der Waals surface area contributed by atoms with E-state index in [1.54, 1.807) is 0 Å². The Labute approximate surface area is 84.0 Å². The van der Waals surface area contributed by atoms with Crippen LogP contribution in [0.3, 0.4) is 0 Å². The Balaban J connectivity index is 1.92. The van der Waals surface area contributed by atoms with Gasteiger partial charge in [0.15, 0.2) is 0 Å². The third kappa shape index (κ3) is 2.24. The fourth-order valence-corrected chi connectivity index (χ4v) is 2.79. The van der Waals surface area contributed by atoms with E-state index in [1.807, 2.05) is 11.8 Å². The predicted octanol–water partition coefficient (Wildman–Crippen LogP) is 0.771. The molecule has 0 aliphatic carbocycles. The molecule has 2 rings (SSSR count).